The van der Waals surface area contributed by atoms with Crippen LogP contribution < -0.4 is 16.1 Å². The van der Waals surface area contributed by atoms with Crippen molar-refractivity contribution in [1.29, 1.82) is 0 Å². The number of hydroxylamine groups is 1. The number of carbonyl (C=O) groups excluding carboxylic acids is 3. The van der Waals surface area contributed by atoms with Crippen LogP contribution >= 0.6 is 0 Å². The van der Waals surface area contributed by atoms with E-state index in [-0.39, 0.29) is 6.54 Å². The highest BCUT2D eigenvalue weighted by Gasteiger charge is 2.12. The van der Waals surface area contributed by atoms with Crippen molar-refractivity contribution >= 4 is 18.3 Å². The minimum Gasteiger partial charge on any atom is -0.450 e. The lowest BCUT2D eigenvalue weighted by molar-refractivity contribution is 0.0460. The number of hydrogen-bond donors (Lipinski definition) is 3. The van der Waals surface area contributed by atoms with E-state index in [1.807, 2.05) is 6.92 Å². The molecule has 0 aliphatic heterocycles. The number of ether oxygens (including phenoxy) is 2. The third-order valence-corrected chi connectivity index (χ3v) is 1.71. The average molecular weight is 277 g/mol. The Morgan fingerprint density at radius 3 is 2.42 bits per heavy atom. The fraction of sp³-hybridized carbons (Fsp3) is 0.700. The summed E-state index contributed by atoms with van der Waals surface area (Å²) in [6, 6.07) is 0. The maximum Gasteiger partial charge on any atom is 0.441 e. The lowest BCUT2D eigenvalue weighted by atomic mass is 10.4. The van der Waals surface area contributed by atoms with Crippen LogP contribution in [0.15, 0.2) is 0 Å². The monoisotopic (exact) mass is 277 g/mol. The second-order valence-corrected chi connectivity index (χ2v) is 3.47. The first-order valence-corrected chi connectivity index (χ1v) is 5.75. The standard InChI is InChI=1S/C10H19N3O6/c1-4-5-17-9(15)12-6-7(2)18-10(16)13-19-8(14)11-3/h7H,4-6H2,1-3H3,(H,11,14)(H,12,15)(H,13,16). The van der Waals surface area contributed by atoms with E-state index >= 15 is 0 Å². The maximum absolute atomic E-state index is 11.1. The van der Waals surface area contributed by atoms with Gasteiger partial charge in [-0.05, 0) is 13.3 Å². The van der Waals surface area contributed by atoms with Gasteiger partial charge in [-0.2, -0.15) is 0 Å². The Kier molecular flexibility index (Phi) is 8.67. The summed E-state index contributed by atoms with van der Waals surface area (Å²) >= 11 is 0. The van der Waals surface area contributed by atoms with Gasteiger partial charge in [-0.3, -0.25) is 0 Å². The summed E-state index contributed by atoms with van der Waals surface area (Å²) < 4.78 is 9.53. The summed E-state index contributed by atoms with van der Waals surface area (Å²) in [6.07, 6.45) is -2.24. The predicted molar refractivity (Wildman–Crippen MR) is 64.3 cm³/mol. The zero-order chi connectivity index (χ0) is 14.7. The lowest BCUT2D eigenvalue weighted by Gasteiger charge is -2.14. The molecule has 0 saturated heterocycles. The molecule has 0 fully saturated rings. The Balaban J connectivity index is 3.72. The highest BCUT2D eigenvalue weighted by Crippen LogP contribution is 1.91. The first-order valence-electron chi connectivity index (χ1n) is 5.75. The second kappa shape index (κ2) is 9.80. The third-order valence-electron chi connectivity index (χ3n) is 1.71. The van der Waals surface area contributed by atoms with Gasteiger partial charge in [0.2, 0.25) is 0 Å². The molecule has 0 aliphatic rings. The van der Waals surface area contributed by atoms with Crippen LogP contribution in [0.4, 0.5) is 14.4 Å². The van der Waals surface area contributed by atoms with Gasteiger partial charge in [0.05, 0.1) is 13.2 Å². The highest BCUT2D eigenvalue weighted by molar-refractivity contribution is 5.71. The van der Waals surface area contributed by atoms with E-state index in [1.165, 1.54) is 7.05 Å². The first kappa shape index (κ1) is 16.8. The average Bonchev–Trinajstić information content (AvgIpc) is 2.40. The van der Waals surface area contributed by atoms with E-state index in [9.17, 15) is 14.4 Å². The largest absolute Gasteiger partial charge is 0.450 e. The van der Waals surface area contributed by atoms with Crippen molar-refractivity contribution in [2.45, 2.75) is 26.4 Å². The quantitative estimate of drug-likeness (QED) is 0.498. The summed E-state index contributed by atoms with van der Waals surface area (Å²) in [6.45, 7) is 3.83. The molecule has 0 bridgehead atoms. The van der Waals surface area contributed by atoms with E-state index < -0.39 is 24.4 Å². The normalized spacial score (nSPS) is 10.9. The van der Waals surface area contributed by atoms with Gasteiger partial charge >= 0.3 is 18.3 Å². The van der Waals surface area contributed by atoms with Gasteiger partial charge in [-0.25, -0.2) is 14.4 Å². The summed E-state index contributed by atoms with van der Waals surface area (Å²) in [5, 5.41) is 4.54. The number of hydrogen-bond acceptors (Lipinski definition) is 6. The molecule has 1 unspecified atom stereocenters. The minimum atomic E-state index is -0.945. The van der Waals surface area contributed by atoms with Crippen LogP contribution in [0, 0.1) is 0 Å². The molecule has 0 aromatic heterocycles. The van der Waals surface area contributed by atoms with Crippen molar-refractivity contribution in [1.82, 2.24) is 16.1 Å². The van der Waals surface area contributed by atoms with E-state index in [4.69, 9.17) is 9.47 Å². The van der Waals surface area contributed by atoms with Crippen molar-refractivity contribution in [3.8, 4) is 0 Å². The first-order chi connectivity index (χ1) is 8.99. The molecule has 0 heterocycles. The predicted octanol–water partition coefficient (Wildman–Crippen LogP) is 0.508. The molecular weight excluding hydrogens is 258 g/mol. The summed E-state index contributed by atoms with van der Waals surface area (Å²) in [5.74, 6) is 0. The molecule has 1 atom stereocenters. The smallest absolute Gasteiger partial charge is 0.441 e. The summed E-state index contributed by atoms with van der Waals surface area (Å²) in [4.78, 5) is 37.1. The molecule has 0 rings (SSSR count). The maximum atomic E-state index is 11.1. The zero-order valence-electron chi connectivity index (χ0n) is 11.1. The molecule has 19 heavy (non-hydrogen) atoms. The fourth-order valence-corrected chi connectivity index (χ4v) is 0.860. The number of nitrogens with one attached hydrogen (secondary N) is 3. The second-order valence-electron chi connectivity index (χ2n) is 3.47. The summed E-state index contributed by atoms with van der Waals surface area (Å²) in [7, 11) is 1.34. The minimum absolute atomic E-state index is 0.0793. The van der Waals surface area contributed by atoms with Crippen molar-refractivity contribution in [3.05, 3.63) is 0 Å². The van der Waals surface area contributed by atoms with Crippen molar-refractivity contribution in [2.75, 3.05) is 20.2 Å². The number of rotatable bonds is 5. The summed E-state index contributed by atoms with van der Waals surface area (Å²) in [5.41, 5.74) is 1.77. The van der Waals surface area contributed by atoms with Crippen LogP contribution in [-0.2, 0) is 14.3 Å². The van der Waals surface area contributed by atoms with Gasteiger partial charge in [0, 0.05) is 7.05 Å². The van der Waals surface area contributed by atoms with Crippen LogP contribution in [0.2, 0.25) is 0 Å². The number of carbonyl (C=O) groups is 3. The van der Waals surface area contributed by atoms with E-state index in [2.05, 4.69) is 15.5 Å². The molecule has 0 radical (unpaired) electrons. The fourth-order valence-electron chi connectivity index (χ4n) is 0.860. The van der Waals surface area contributed by atoms with Crippen LogP contribution in [0.25, 0.3) is 0 Å². The highest BCUT2D eigenvalue weighted by atomic mass is 16.7. The van der Waals surface area contributed by atoms with Gasteiger partial charge in [-0.1, -0.05) is 6.92 Å². The van der Waals surface area contributed by atoms with Crippen molar-refractivity contribution < 1.29 is 28.7 Å². The molecule has 0 aromatic rings. The topological polar surface area (TPSA) is 115 Å². The Labute approximate surface area is 110 Å². The third kappa shape index (κ3) is 9.51. The Bertz CT molecular complexity index is 310. The molecule has 110 valence electrons. The van der Waals surface area contributed by atoms with Crippen LogP contribution in [-0.4, -0.2) is 44.6 Å². The van der Waals surface area contributed by atoms with Crippen molar-refractivity contribution in [3.63, 3.8) is 0 Å². The zero-order valence-corrected chi connectivity index (χ0v) is 11.1. The molecule has 0 aromatic carbocycles. The van der Waals surface area contributed by atoms with E-state index in [1.54, 1.807) is 12.4 Å². The number of alkyl carbamates (subject to hydrolysis) is 1. The lowest BCUT2D eigenvalue weighted by Crippen LogP contribution is -2.38. The van der Waals surface area contributed by atoms with Gasteiger partial charge in [-0.15, -0.1) is 5.48 Å². The van der Waals surface area contributed by atoms with Gasteiger partial charge in [0.25, 0.3) is 0 Å². The molecular formula is C10H19N3O6. The molecule has 9 heteroatoms. The Morgan fingerprint density at radius 2 is 1.84 bits per heavy atom. The molecule has 3 N–H and O–H groups in total. The molecule has 0 saturated carbocycles. The number of amides is 3. The SMILES string of the molecule is CCCOC(=O)NCC(C)OC(=O)NOC(=O)NC. The molecule has 3 amide bonds. The van der Waals surface area contributed by atoms with E-state index in [0.717, 1.165) is 6.42 Å². The molecule has 9 nitrogen and oxygen atoms in total. The van der Waals surface area contributed by atoms with Crippen LogP contribution in [0.5, 0.6) is 0 Å². The Morgan fingerprint density at radius 1 is 1.16 bits per heavy atom. The van der Waals surface area contributed by atoms with E-state index in [0.29, 0.717) is 6.61 Å². The van der Waals surface area contributed by atoms with Crippen LogP contribution in [0.3, 0.4) is 0 Å². The molecule has 0 spiro atoms. The van der Waals surface area contributed by atoms with Gasteiger partial charge in [0.15, 0.2) is 0 Å². The van der Waals surface area contributed by atoms with Crippen molar-refractivity contribution in [2.24, 2.45) is 0 Å². The Hall–Kier alpha value is -2.19. The van der Waals surface area contributed by atoms with Crippen LogP contribution in [0.1, 0.15) is 20.3 Å². The molecule has 0 aliphatic carbocycles. The van der Waals surface area contributed by atoms with Gasteiger partial charge in [0.1, 0.15) is 6.10 Å². The van der Waals surface area contributed by atoms with Gasteiger partial charge < -0.3 is 24.9 Å².